The van der Waals surface area contributed by atoms with E-state index in [0.717, 1.165) is 37.4 Å². The van der Waals surface area contributed by atoms with E-state index in [1.165, 1.54) is 0 Å². The molecule has 0 amide bonds. The molecule has 2 fully saturated rings. The number of hydrogen-bond donors (Lipinski definition) is 2. The van der Waals surface area contributed by atoms with Crippen molar-refractivity contribution in [2.24, 2.45) is 5.92 Å². The Morgan fingerprint density at radius 3 is 2.91 bits per heavy atom. The summed E-state index contributed by atoms with van der Waals surface area (Å²) in [4.78, 5) is 15.8. The molecule has 0 spiro atoms. The summed E-state index contributed by atoms with van der Waals surface area (Å²) in [5.74, 6) is -3.12. The first kappa shape index (κ1) is 23.1. The van der Waals surface area contributed by atoms with E-state index in [4.69, 9.17) is 21.3 Å². The lowest BCUT2D eigenvalue weighted by Crippen LogP contribution is -2.47. The van der Waals surface area contributed by atoms with E-state index < -0.39 is 11.8 Å². The minimum Gasteiger partial charge on any atom is -0.380 e. The molecular formula is C24H27ClF2N6O. The molecule has 2 aliphatic heterocycles. The number of benzene rings is 1. The molecular weight excluding hydrogens is 462 g/mol. The number of halogens is 3. The predicted molar refractivity (Wildman–Crippen MR) is 130 cm³/mol. The van der Waals surface area contributed by atoms with Crippen LogP contribution in [0.15, 0.2) is 36.7 Å². The molecule has 1 aromatic carbocycles. The van der Waals surface area contributed by atoms with Gasteiger partial charge in [-0.15, -0.1) is 0 Å². The van der Waals surface area contributed by atoms with Crippen LogP contribution in [-0.2, 0) is 4.74 Å². The summed E-state index contributed by atoms with van der Waals surface area (Å²) in [7, 11) is 0. The van der Waals surface area contributed by atoms with Crippen LogP contribution in [0.5, 0.6) is 0 Å². The Labute approximate surface area is 201 Å². The highest BCUT2D eigenvalue weighted by atomic mass is 35.5. The largest absolute Gasteiger partial charge is 0.380 e. The van der Waals surface area contributed by atoms with Crippen LogP contribution in [0.3, 0.4) is 0 Å². The molecule has 2 N–H and O–H groups in total. The zero-order chi connectivity index (χ0) is 23.5. The van der Waals surface area contributed by atoms with Gasteiger partial charge in [0.2, 0.25) is 0 Å². The van der Waals surface area contributed by atoms with Crippen LogP contribution < -0.4 is 15.5 Å². The zero-order valence-corrected chi connectivity index (χ0v) is 19.5. The van der Waals surface area contributed by atoms with Crippen molar-refractivity contribution in [3.05, 3.63) is 41.7 Å². The molecule has 0 radical (unpaired) electrons. The summed E-state index contributed by atoms with van der Waals surface area (Å²) in [6, 6.07) is 7.69. The van der Waals surface area contributed by atoms with Gasteiger partial charge in [-0.05, 0) is 24.6 Å². The van der Waals surface area contributed by atoms with E-state index in [0.29, 0.717) is 40.7 Å². The van der Waals surface area contributed by atoms with Crippen molar-refractivity contribution in [1.82, 2.24) is 20.3 Å². The predicted octanol–water partition coefficient (Wildman–Crippen LogP) is 4.23. The molecule has 0 bridgehead atoms. The van der Waals surface area contributed by atoms with Crippen molar-refractivity contribution in [3.8, 4) is 11.3 Å². The molecule has 10 heteroatoms. The first-order valence-electron chi connectivity index (χ1n) is 11.6. The number of rotatable bonds is 5. The smallest absolute Gasteiger partial charge is 0.255 e. The van der Waals surface area contributed by atoms with Gasteiger partial charge in [0.1, 0.15) is 5.52 Å². The Morgan fingerprint density at radius 2 is 2.06 bits per heavy atom. The second kappa shape index (κ2) is 9.93. The molecule has 34 heavy (non-hydrogen) atoms. The summed E-state index contributed by atoms with van der Waals surface area (Å²) in [6.07, 6.45) is 3.96. The minimum absolute atomic E-state index is 0.0822. The third kappa shape index (κ3) is 4.92. The maximum absolute atomic E-state index is 14.3. The second-order valence-electron chi connectivity index (χ2n) is 8.69. The third-order valence-electron chi connectivity index (χ3n) is 6.40. The van der Waals surface area contributed by atoms with Crippen molar-refractivity contribution in [2.75, 3.05) is 56.2 Å². The Balaban J connectivity index is 1.44. The van der Waals surface area contributed by atoms with Gasteiger partial charge in [-0.2, -0.15) is 0 Å². The van der Waals surface area contributed by atoms with Crippen LogP contribution in [0.25, 0.3) is 22.3 Å². The number of piperidine rings is 1. The maximum Gasteiger partial charge on any atom is 0.255 e. The number of nitrogens with one attached hydrogen (secondary N) is 2. The van der Waals surface area contributed by atoms with Crippen LogP contribution in [0, 0.1) is 5.92 Å². The highest BCUT2D eigenvalue weighted by Gasteiger charge is 2.41. The molecule has 5 rings (SSSR count). The monoisotopic (exact) mass is 488 g/mol. The van der Waals surface area contributed by atoms with Gasteiger partial charge in [-0.3, -0.25) is 4.98 Å². The quantitative estimate of drug-likeness (QED) is 0.556. The minimum atomic E-state index is -2.72. The van der Waals surface area contributed by atoms with E-state index in [1.54, 1.807) is 12.4 Å². The van der Waals surface area contributed by atoms with E-state index in [-0.39, 0.29) is 19.5 Å². The van der Waals surface area contributed by atoms with Gasteiger partial charge in [-0.1, -0.05) is 17.7 Å². The number of aromatic nitrogens is 3. The van der Waals surface area contributed by atoms with Crippen LogP contribution >= 0.6 is 11.6 Å². The van der Waals surface area contributed by atoms with Gasteiger partial charge in [0, 0.05) is 63.7 Å². The number of hydrogen-bond acceptors (Lipinski definition) is 7. The van der Waals surface area contributed by atoms with Gasteiger partial charge in [0.25, 0.3) is 5.92 Å². The average molecular weight is 489 g/mol. The fraction of sp³-hybridized carbons (Fsp3) is 0.458. The Bertz CT molecular complexity index is 1160. The Kier molecular flexibility index (Phi) is 6.76. The fourth-order valence-electron chi connectivity index (χ4n) is 4.48. The third-order valence-corrected chi connectivity index (χ3v) is 6.70. The number of nitrogens with zero attached hydrogens (tertiary/aromatic N) is 4. The molecule has 0 saturated carbocycles. The lowest BCUT2D eigenvalue weighted by Gasteiger charge is -2.32. The van der Waals surface area contributed by atoms with Gasteiger partial charge >= 0.3 is 0 Å². The van der Waals surface area contributed by atoms with Gasteiger partial charge in [0.15, 0.2) is 5.82 Å². The van der Waals surface area contributed by atoms with Crippen molar-refractivity contribution in [1.29, 1.82) is 0 Å². The lowest BCUT2D eigenvalue weighted by atomic mass is 9.95. The Hall–Kier alpha value is -2.62. The molecule has 2 saturated heterocycles. The van der Waals surface area contributed by atoms with E-state index in [2.05, 4.69) is 25.5 Å². The van der Waals surface area contributed by atoms with Crippen LogP contribution in [0.1, 0.15) is 12.8 Å². The van der Waals surface area contributed by atoms with Crippen molar-refractivity contribution >= 4 is 34.1 Å². The van der Waals surface area contributed by atoms with Crippen LogP contribution in [0.4, 0.5) is 20.3 Å². The molecule has 1 unspecified atom stereocenters. The van der Waals surface area contributed by atoms with E-state index in [1.807, 2.05) is 24.3 Å². The highest BCUT2D eigenvalue weighted by molar-refractivity contribution is 6.33. The summed E-state index contributed by atoms with van der Waals surface area (Å²) in [6.45, 7) is 3.77. The van der Waals surface area contributed by atoms with E-state index in [9.17, 15) is 8.78 Å². The number of ether oxygens (including phenoxy) is 1. The summed E-state index contributed by atoms with van der Waals surface area (Å²) >= 11 is 6.67. The summed E-state index contributed by atoms with van der Waals surface area (Å²) in [5, 5.41) is 6.80. The molecule has 2 aliphatic rings. The highest BCUT2D eigenvalue weighted by Crippen LogP contribution is 2.34. The topological polar surface area (TPSA) is 75.2 Å². The second-order valence-corrected chi connectivity index (χ2v) is 9.10. The first-order chi connectivity index (χ1) is 16.5. The molecule has 3 aromatic rings. The number of alkyl halides is 2. The van der Waals surface area contributed by atoms with Gasteiger partial charge in [-0.25, -0.2) is 18.7 Å². The fourth-order valence-corrected chi connectivity index (χ4v) is 4.78. The number of anilines is 2. The van der Waals surface area contributed by atoms with Crippen LogP contribution in [-0.4, -0.2) is 66.8 Å². The van der Waals surface area contributed by atoms with Gasteiger partial charge < -0.3 is 20.3 Å². The maximum atomic E-state index is 14.3. The molecule has 1 atom stereocenters. The van der Waals surface area contributed by atoms with E-state index >= 15 is 0 Å². The molecule has 180 valence electrons. The number of fused-ring (bicyclic) bond motifs is 1. The SMILES string of the molecule is FC1(F)CCNCC1CNc1nc(-c2ccc(N3CCCOCC3)c(Cl)c2)cc2nccnc12. The Morgan fingerprint density at radius 1 is 1.18 bits per heavy atom. The van der Waals surface area contributed by atoms with Gasteiger partial charge in [0.05, 0.1) is 34.4 Å². The van der Waals surface area contributed by atoms with Crippen molar-refractivity contribution < 1.29 is 13.5 Å². The lowest BCUT2D eigenvalue weighted by molar-refractivity contribution is -0.0728. The van der Waals surface area contributed by atoms with Crippen molar-refractivity contribution in [2.45, 2.75) is 18.8 Å². The molecule has 4 heterocycles. The molecule has 0 aliphatic carbocycles. The first-order valence-corrected chi connectivity index (χ1v) is 12.0. The molecule has 2 aromatic heterocycles. The summed E-state index contributed by atoms with van der Waals surface area (Å²) < 4.78 is 34.2. The van der Waals surface area contributed by atoms with Crippen molar-refractivity contribution in [3.63, 3.8) is 0 Å². The zero-order valence-electron chi connectivity index (χ0n) is 18.7. The van der Waals surface area contributed by atoms with Crippen LogP contribution in [0.2, 0.25) is 5.02 Å². The standard InChI is InChI=1S/C24H27ClF2N6O/c25-18-12-16(2-3-21(18)33-8-1-10-34-11-9-33)19-13-20-22(30-7-6-29-20)23(32-19)31-15-17-14-28-5-4-24(17,26)27/h2-3,6-7,12-13,17,28H,1,4-5,8-11,14-15H2,(H,31,32). The molecule has 7 nitrogen and oxygen atoms in total. The summed E-state index contributed by atoms with van der Waals surface area (Å²) in [5.41, 5.74) is 3.61. The average Bonchev–Trinajstić information content (AvgIpc) is 3.12. The normalized spacial score (nSPS) is 20.8. The number of pyridine rings is 1.